The van der Waals surface area contributed by atoms with Crippen molar-refractivity contribution in [3.8, 4) is 0 Å². The molecule has 0 aromatic carbocycles. The van der Waals surface area contributed by atoms with E-state index in [1.165, 1.54) is 51.4 Å². The molecule has 2 unspecified atom stereocenters. The van der Waals surface area contributed by atoms with Crippen LogP contribution >= 0.6 is 26.2 Å². The monoisotopic (exact) mass is 310 g/mol. The highest BCUT2D eigenvalue weighted by atomic mass is 79.9. The first-order valence-electron chi connectivity index (χ1n) is 6.93. The third kappa shape index (κ3) is 6.60. The van der Waals surface area contributed by atoms with Crippen molar-refractivity contribution >= 4 is 26.2 Å². The summed E-state index contributed by atoms with van der Waals surface area (Å²) in [7, 11) is 3.15. The summed E-state index contributed by atoms with van der Waals surface area (Å²) in [5, 5.41) is 0.515. The molecule has 0 rings (SSSR count). The maximum Gasteiger partial charge on any atom is -0.0127 e. The van der Waals surface area contributed by atoms with E-state index in [2.05, 4.69) is 36.9 Å². The van der Waals surface area contributed by atoms with Crippen molar-refractivity contribution in [2.75, 3.05) is 0 Å². The Morgan fingerprint density at radius 2 is 1.50 bits per heavy atom. The summed E-state index contributed by atoms with van der Waals surface area (Å²) in [5.74, 6) is 0.911. The van der Waals surface area contributed by atoms with Crippen LogP contribution in [0.5, 0.6) is 0 Å². The predicted octanol–water partition coefficient (Wildman–Crippen LogP) is 5.99. The molecule has 0 radical (unpaired) electrons. The molecule has 2 atom stereocenters. The molecular formula is C14H32BrP. The summed E-state index contributed by atoms with van der Waals surface area (Å²) in [6, 6.07) is 0. The Balaban J connectivity index is 0. The molecule has 2 heteroatoms. The molecule has 0 aromatic heterocycles. The smallest absolute Gasteiger partial charge is 0.0127 e. The highest BCUT2D eigenvalue weighted by Gasteiger charge is 2.28. The summed E-state index contributed by atoms with van der Waals surface area (Å²) in [4.78, 5) is 0. The third-order valence-corrected chi connectivity index (χ3v) is 5.32. The summed E-state index contributed by atoms with van der Waals surface area (Å²) >= 11 is 0. The van der Waals surface area contributed by atoms with Crippen molar-refractivity contribution in [1.82, 2.24) is 0 Å². The Hall–Kier alpha value is 0.910. The number of rotatable bonds is 9. The predicted molar refractivity (Wildman–Crippen MR) is 85.9 cm³/mol. The zero-order valence-corrected chi connectivity index (χ0v) is 14.6. The molecule has 0 spiro atoms. The van der Waals surface area contributed by atoms with Crippen LogP contribution in [0.25, 0.3) is 0 Å². The third-order valence-electron chi connectivity index (χ3n) is 4.03. The van der Waals surface area contributed by atoms with Crippen molar-refractivity contribution in [3.05, 3.63) is 0 Å². The molecule has 16 heavy (non-hydrogen) atoms. The summed E-state index contributed by atoms with van der Waals surface area (Å²) in [6.45, 7) is 9.32. The Bertz CT molecular complexity index is 144. The lowest BCUT2D eigenvalue weighted by atomic mass is 9.81. The standard InChI is InChI=1S/C14H31P.BrH/c1-5-9-10-11-12-13(6-2)14(15,7-3)8-4;/h13H,5-12,15H2,1-4H3;1H. The van der Waals surface area contributed by atoms with Gasteiger partial charge in [-0.15, -0.1) is 26.2 Å². The first kappa shape index (κ1) is 19.3. The zero-order chi connectivity index (χ0) is 11.7. The lowest BCUT2D eigenvalue weighted by molar-refractivity contribution is 0.314. The van der Waals surface area contributed by atoms with Crippen LogP contribution < -0.4 is 0 Å². The molecule has 0 bridgehead atoms. The van der Waals surface area contributed by atoms with Gasteiger partial charge < -0.3 is 0 Å². The van der Waals surface area contributed by atoms with Crippen LogP contribution in [0.3, 0.4) is 0 Å². The zero-order valence-electron chi connectivity index (χ0n) is 11.7. The van der Waals surface area contributed by atoms with E-state index in [0.717, 1.165) is 5.92 Å². The van der Waals surface area contributed by atoms with Gasteiger partial charge in [0, 0.05) is 0 Å². The normalized spacial score (nSPS) is 13.3. The minimum Gasteiger partial charge on any atom is -0.131 e. The molecule has 0 fully saturated rings. The summed E-state index contributed by atoms with van der Waals surface area (Å²) in [5.41, 5.74) is 0. The Morgan fingerprint density at radius 1 is 0.938 bits per heavy atom. The van der Waals surface area contributed by atoms with E-state index in [0.29, 0.717) is 5.16 Å². The van der Waals surface area contributed by atoms with E-state index < -0.39 is 0 Å². The van der Waals surface area contributed by atoms with Gasteiger partial charge >= 0.3 is 0 Å². The average Bonchev–Trinajstić information content (AvgIpc) is 2.28. The minimum atomic E-state index is 0. The Morgan fingerprint density at radius 3 is 1.88 bits per heavy atom. The first-order valence-corrected chi connectivity index (χ1v) is 7.51. The van der Waals surface area contributed by atoms with Gasteiger partial charge in [0.05, 0.1) is 0 Å². The topological polar surface area (TPSA) is 0 Å². The SMILES string of the molecule is Br.CCCCCCC(CC)C(P)(CC)CC. The Kier molecular flexibility index (Phi) is 13.3. The van der Waals surface area contributed by atoms with E-state index in [9.17, 15) is 0 Å². The second-order valence-corrected chi connectivity index (χ2v) is 6.04. The molecule has 0 heterocycles. The van der Waals surface area contributed by atoms with Crippen molar-refractivity contribution in [3.63, 3.8) is 0 Å². The molecule has 0 aliphatic carbocycles. The molecular weight excluding hydrogens is 279 g/mol. The molecule has 0 aliphatic heterocycles. The van der Waals surface area contributed by atoms with Gasteiger partial charge in [-0.05, 0) is 30.3 Å². The molecule has 0 saturated carbocycles. The van der Waals surface area contributed by atoms with Crippen LogP contribution in [-0.4, -0.2) is 5.16 Å². The number of halogens is 1. The lowest BCUT2D eigenvalue weighted by Crippen LogP contribution is -2.29. The second kappa shape index (κ2) is 11.0. The fourth-order valence-electron chi connectivity index (χ4n) is 2.54. The summed E-state index contributed by atoms with van der Waals surface area (Å²) in [6.07, 6.45) is 11.0. The van der Waals surface area contributed by atoms with Crippen molar-refractivity contribution in [1.29, 1.82) is 0 Å². The quantitative estimate of drug-likeness (QED) is 0.362. The van der Waals surface area contributed by atoms with E-state index in [1.807, 2.05) is 0 Å². The van der Waals surface area contributed by atoms with Crippen molar-refractivity contribution < 1.29 is 0 Å². The molecule has 0 aliphatic rings. The van der Waals surface area contributed by atoms with Crippen LogP contribution in [0.15, 0.2) is 0 Å². The van der Waals surface area contributed by atoms with Gasteiger partial charge in [0.2, 0.25) is 0 Å². The molecule has 0 amide bonds. The maximum atomic E-state index is 3.15. The van der Waals surface area contributed by atoms with E-state index in [-0.39, 0.29) is 17.0 Å². The van der Waals surface area contributed by atoms with E-state index in [4.69, 9.17) is 0 Å². The maximum absolute atomic E-state index is 3.15. The lowest BCUT2D eigenvalue weighted by Gasteiger charge is -2.36. The molecule has 0 aromatic rings. The highest BCUT2D eigenvalue weighted by Crippen LogP contribution is 2.39. The Labute approximate surface area is 116 Å². The second-order valence-electron chi connectivity index (χ2n) is 4.89. The fourth-order valence-corrected chi connectivity index (χ4v) is 2.95. The van der Waals surface area contributed by atoms with Gasteiger partial charge in [0.1, 0.15) is 0 Å². The van der Waals surface area contributed by atoms with Crippen molar-refractivity contribution in [2.24, 2.45) is 5.92 Å². The minimum absolute atomic E-state index is 0. The van der Waals surface area contributed by atoms with Gasteiger partial charge in [0.15, 0.2) is 0 Å². The molecule has 0 N–H and O–H groups in total. The van der Waals surface area contributed by atoms with Crippen LogP contribution in [0.4, 0.5) is 0 Å². The van der Waals surface area contributed by atoms with Gasteiger partial charge in [-0.3, -0.25) is 0 Å². The number of hydrogen-bond acceptors (Lipinski definition) is 0. The average molecular weight is 311 g/mol. The fraction of sp³-hybridized carbons (Fsp3) is 1.00. The van der Waals surface area contributed by atoms with Crippen LogP contribution in [0, 0.1) is 5.92 Å². The van der Waals surface area contributed by atoms with E-state index >= 15 is 0 Å². The van der Waals surface area contributed by atoms with E-state index in [1.54, 1.807) is 0 Å². The van der Waals surface area contributed by atoms with Crippen molar-refractivity contribution in [2.45, 2.75) is 84.2 Å². The molecule has 100 valence electrons. The van der Waals surface area contributed by atoms with Crippen LogP contribution in [0.1, 0.15) is 79.1 Å². The summed E-state index contributed by atoms with van der Waals surface area (Å²) < 4.78 is 0. The number of unbranched alkanes of at least 4 members (excludes halogenated alkanes) is 3. The first-order chi connectivity index (χ1) is 7.14. The molecule has 0 saturated heterocycles. The highest BCUT2D eigenvalue weighted by molar-refractivity contribution is 8.93. The van der Waals surface area contributed by atoms with Gasteiger partial charge in [-0.2, -0.15) is 0 Å². The van der Waals surface area contributed by atoms with Gasteiger partial charge in [0.25, 0.3) is 0 Å². The molecule has 0 nitrogen and oxygen atoms in total. The van der Waals surface area contributed by atoms with Gasteiger partial charge in [-0.1, -0.05) is 59.8 Å². The van der Waals surface area contributed by atoms with Gasteiger partial charge in [-0.25, -0.2) is 0 Å². The largest absolute Gasteiger partial charge is 0.131 e. The number of hydrogen-bond donors (Lipinski definition) is 0. The van der Waals surface area contributed by atoms with Crippen LogP contribution in [0.2, 0.25) is 0 Å². The van der Waals surface area contributed by atoms with Crippen LogP contribution in [-0.2, 0) is 0 Å².